The van der Waals surface area contributed by atoms with Crippen molar-refractivity contribution in [3.8, 4) is 5.75 Å². The summed E-state index contributed by atoms with van der Waals surface area (Å²) in [4.78, 5) is 20.0. The van der Waals surface area contributed by atoms with E-state index in [-0.39, 0.29) is 17.9 Å². The molecule has 2 heterocycles. The SMILES string of the molecule is Cc1cccc(OCCn2c(C3CC(=O)N(C(C)c4ccccc4)C3)nc3ccccc32)c1C. The van der Waals surface area contributed by atoms with Crippen LogP contribution in [0.25, 0.3) is 11.0 Å². The summed E-state index contributed by atoms with van der Waals surface area (Å²) in [6, 6.07) is 24.6. The molecule has 5 rings (SSSR count). The van der Waals surface area contributed by atoms with Crippen molar-refractivity contribution in [1.29, 1.82) is 0 Å². The van der Waals surface area contributed by atoms with Crippen LogP contribution in [0, 0.1) is 13.8 Å². The number of para-hydroxylation sites is 2. The highest BCUT2D eigenvalue weighted by Gasteiger charge is 2.36. The number of aromatic nitrogens is 2. The highest BCUT2D eigenvalue weighted by molar-refractivity contribution is 5.81. The van der Waals surface area contributed by atoms with Crippen molar-refractivity contribution >= 4 is 16.9 Å². The number of aryl methyl sites for hydroxylation is 1. The standard InChI is InChI=1S/C29H31N3O2/c1-20-10-9-15-27(21(20)2)34-17-16-31-26-14-8-7-13-25(26)30-29(31)24-18-28(33)32(19-24)22(3)23-11-5-4-6-12-23/h4-15,22,24H,16-19H2,1-3H3. The number of imidazole rings is 1. The first kappa shape index (κ1) is 22.2. The van der Waals surface area contributed by atoms with Gasteiger partial charge in [0, 0.05) is 18.9 Å². The van der Waals surface area contributed by atoms with Crippen molar-refractivity contribution in [2.75, 3.05) is 13.2 Å². The first-order chi connectivity index (χ1) is 16.5. The van der Waals surface area contributed by atoms with E-state index in [1.54, 1.807) is 0 Å². The van der Waals surface area contributed by atoms with Gasteiger partial charge in [0.15, 0.2) is 0 Å². The van der Waals surface area contributed by atoms with Crippen LogP contribution in [0.1, 0.15) is 47.8 Å². The molecule has 1 amide bonds. The Hall–Kier alpha value is -3.60. The molecule has 0 radical (unpaired) electrons. The molecule has 2 atom stereocenters. The Morgan fingerprint density at radius 2 is 1.76 bits per heavy atom. The molecule has 1 fully saturated rings. The van der Waals surface area contributed by atoms with E-state index in [2.05, 4.69) is 49.6 Å². The molecule has 4 aromatic rings. The Morgan fingerprint density at radius 1 is 1.00 bits per heavy atom. The summed E-state index contributed by atoms with van der Waals surface area (Å²) in [5.41, 5.74) is 5.61. The van der Waals surface area contributed by atoms with Gasteiger partial charge in [-0.1, -0.05) is 54.6 Å². The minimum absolute atomic E-state index is 0.0455. The third-order valence-corrected chi connectivity index (χ3v) is 7.08. The molecule has 174 valence electrons. The highest BCUT2D eigenvalue weighted by atomic mass is 16.5. The number of nitrogens with zero attached hydrogens (tertiary/aromatic N) is 3. The molecular weight excluding hydrogens is 422 g/mol. The molecule has 2 unspecified atom stereocenters. The second kappa shape index (κ2) is 9.34. The van der Waals surface area contributed by atoms with Gasteiger partial charge in [0.2, 0.25) is 5.91 Å². The molecule has 5 heteroatoms. The van der Waals surface area contributed by atoms with Crippen LogP contribution >= 0.6 is 0 Å². The van der Waals surface area contributed by atoms with E-state index in [9.17, 15) is 4.79 Å². The van der Waals surface area contributed by atoms with E-state index in [0.29, 0.717) is 26.1 Å². The predicted octanol–water partition coefficient (Wildman–Crippen LogP) is 5.81. The van der Waals surface area contributed by atoms with E-state index in [1.807, 2.05) is 53.4 Å². The monoisotopic (exact) mass is 453 g/mol. The van der Waals surface area contributed by atoms with Crippen molar-refractivity contribution in [2.24, 2.45) is 0 Å². The summed E-state index contributed by atoms with van der Waals surface area (Å²) in [6.45, 7) is 8.20. The Labute approximate surface area is 201 Å². The third-order valence-electron chi connectivity index (χ3n) is 7.08. The lowest BCUT2D eigenvalue weighted by Gasteiger charge is -2.25. The van der Waals surface area contributed by atoms with Gasteiger partial charge >= 0.3 is 0 Å². The van der Waals surface area contributed by atoms with Gasteiger partial charge in [-0.15, -0.1) is 0 Å². The predicted molar refractivity (Wildman–Crippen MR) is 135 cm³/mol. The Bertz CT molecular complexity index is 1310. The van der Waals surface area contributed by atoms with Crippen LogP contribution in [0.5, 0.6) is 5.75 Å². The summed E-state index contributed by atoms with van der Waals surface area (Å²) in [5, 5.41) is 0. The van der Waals surface area contributed by atoms with Crippen LogP contribution in [-0.2, 0) is 11.3 Å². The summed E-state index contributed by atoms with van der Waals surface area (Å²) >= 11 is 0. The molecule has 3 aromatic carbocycles. The number of amides is 1. The van der Waals surface area contributed by atoms with E-state index in [1.165, 1.54) is 11.1 Å². The Balaban J connectivity index is 1.39. The normalized spacial score (nSPS) is 16.9. The van der Waals surface area contributed by atoms with Crippen LogP contribution in [0.2, 0.25) is 0 Å². The van der Waals surface area contributed by atoms with Crippen LogP contribution < -0.4 is 4.74 Å². The van der Waals surface area contributed by atoms with Crippen molar-refractivity contribution in [1.82, 2.24) is 14.5 Å². The lowest BCUT2D eigenvalue weighted by molar-refractivity contribution is -0.129. The fourth-order valence-corrected chi connectivity index (χ4v) is 4.96. The minimum Gasteiger partial charge on any atom is -0.491 e. The fourth-order valence-electron chi connectivity index (χ4n) is 4.96. The largest absolute Gasteiger partial charge is 0.491 e. The van der Waals surface area contributed by atoms with Crippen LogP contribution in [0.15, 0.2) is 72.8 Å². The number of carbonyl (C=O) groups excluding carboxylic acids is 1. The number of rotatable bonds is 7. The lowest BCUT2D eigenvalue weighted by Crippen LogP contribution is -2.28. The first-order valence-electron chi connectivity index (χ1n) is 12.0. The fraction of sp³-hybridized carbons (Fsp3) is 0.310. The number of carbonyl (C=O) groups is 1. The quantitative estimate of drug-likeness (QED) is 0.355. The number of likely N-dealkylation sites (tertiary alicyclic amines) is 1. The molecule has 0 N–H and O–H groups in total. The lowest BCUT2D eigenvalue weighted by atomic mass is 10.1. The molecule has 1 aliphatic heterocycles. The maximum Gasteiger partial charge on any atom is 0.223 e. The minimum atomic E-state index is 0.0455. The average Bonchev–Trinajstić information content (AvgIpc) is 3.42. The van der Waals surface area contributed by atoms with Gasteiger partial charge in [-0.05, 0) is 55.7 Å². The number of benzene rings is 3. The smallest absolute Gasteiger partial charge is 0.223 e. The maximum absolute atomic E-state index is 13.0. The topological polar surface area (TPSA) is 47.4 Å². The van der Waals surface area contributed by atoms with Crippen molar-refractivity contribution in [3.63, 3.8) is 0 Å². The first-order valence-corrected chi connectivity index (χ1v) is 12.0. The summed E-state index contributed by atoms with van der Waals surface area (Å²) in [5.74, 6) is 2.14. The van der Waals surface area contributed by atoms with Gasteiger partial charge in [0.05, 0.1) is 23.6 Å². The van der Waals surface area contributed by atoms with Gasteiger partial charge in [0.25, 0.3) is 0 Å². The summed E-state index contributed by atoms with van der Waals surface area (Å²) < 4.78 is 8.41. The molecule has 0 saturated carbocycles. The molecule has 1 aliphatic rings. The molecular formula is C29H31N3O2. The highest BCUT2D eigenvalue weighted by Crippen LogP contribution is 2.35. The number of hydrogen-bond donors (Lipinski definition) is 0. The molecule has 5 nitrogen and oxygen atoms in total. The van der Waals surface area contributed by atoms with Crippen LogP contribution in [-0.4, -0.2) is 33.5 Å². The molecule has 0 spiro atoms. The van der Waals surface area contributed by atoms with E-state index < -0.39 is 0 Å². The van der Waals surface area contributed by atoms with E-state index in [0.717, 1.165) is 28.2 Å². The van der Waals surface area contributed by atoms with Gasteiger partial charge in [0.1, 0.15) is 18.2 Å². The van der Waals surface area contributed by atoms with E-state index >= 15 is 0 Å². The van der Waals surface area contributed by atoms with Crippen LogP contribution in [0.4, 0.5) is 0 Å². The zero-order chi connectivity index (χ0) is 23.7. The zero-order valence-corrected chi connectivity index (χ0v) is 20.1. The number of hydrogen-bond acceptors (Lipinski definition) is 3. The van der Waals surface area contributed by atoms with Crippen molar-refractivity contribution in [2.45, 2.75) is 45.7 Å². The summed E-state index contributed by atoms with van der Waals surface area (Å²) in [7, 11) is 0. The van der Waals surface area contributed by atoms with Gasteiger partial charge < -0.3 is 14.2 Å². The number of ether oxygens (including phenoxy) is 1. The molecule has 0 aliphatic carbocycles. The van der Waals surface area contributed by atoms with Crippen LogP contribution in [0.3, 0.4) is 0 Å². The van der Waals surface area contributed by atoms with Gasteiger partial charge in [-0.2, -0.15) is 0 Å². The van der Waals surface area contributed by atoms with E-state index in [4.69, 9.17) is 9.72 Å². The van der Waals surface area contributed by atoms with Crippen molar-refractivity contribution < 1.29 is 9.53 Å². The van der Waals surface area contributed by atoms with Gasteiger partial charge in [-0.25, -0.2) is 4.98 Å². The molecule has 1 aromatic heterocycles. The molecule has 0 bridgehead atoms. The maximum atomic E-state index is 13.0. The Kier molecular flexibility index (Phi) is 6.10. The summed E-state index contributed by atoms with van der Waals surface area (Å²) in [6.07, 6.45) is 0.484. The molecule has 34 heavy (non-hydrogen) atoms. The van der Waals surface area contributed by atoms with Crippen molar-refractivity contribution in [3.05, 3.63) is 95.3 Å². The number of fused-ring (bicyclic) bond motifs is 1. The Morgan fingerprint density at radius 3 is 2.59 bits per heavy atom. The second-order valence-electron chi connectivity index (χ2n) is 9.19. The molecule has 1 saturated heterocycles. The third kappa shape index (κ3) is 4.18. The zero-order valence-electron chi connectivity index (χ0n) is 20.1. The van der Waals surface area contributed by atoms with Gasteiger partial charge in [-0.3, -0.25) is 4.79 Å². The average molecular weight is 454 g/mol. The second-order valence-corrected chi connectivity index (χ2v) is 9.19.